The van der Waals surface area contributed by atoms with Crippen LogP contribution in [0.4, 0.5) is 11.4 Å². The molecule has 1 aromatic heterocycles. The van der Waals surface area contributed by atoms with E-state index in [2.05, 4.69) is 20.4 Å². The number of amides is 1. The summed E-state index contributed by atoms with van der Waals surface area (Å²) in [7, 11) is 0. The van der Waals surface area contributed by atoms with Crippen LogP contribution in [0.5, 0.6) is 0 Å². The van der Waals surface area contributed by atoms with Gasteiger partial charge in [-0.3, -0.25) is 4.79 Å². The van der Waals surface area contributed by atoms with E-state index in [4.69, 9.17) is 4.52 Å². The lowest BCUT2D eigenvalue weighted by Gasteiger charge is -2.23. The zero-order valence-corrected chi connectivity index (χ0v) is 14.0. The molecule has 0 fully saturated rings. The molecular formula is C17H22N4O2. The van der Waals surface area contributed by atoms with Crippen molar-refractivity contribution in [2.75, 3.05) is 16.8 Å². The van der Waals surface area contributed by atoms with Crippen molar-refractivity contribution >= 4 is 17.3 Å². The highest BCUT2D eigenvalue weighted by atomic mass is 16.5. The maximum Gasteiger partial charge on any atom is 0.232 e. The summed E-state index contributed by atoms with van der Waals surface area (Å²) in [6.45, 7) is 9.16. The molecule has 0 saturated carbocycles. The molecular weight excluding hydrogens is 292 g/mol. The Morgan fingerprint density at radius 3 is 2.78 bits per heavy atom. The third kappa shape index (κ3) is 3.21. The number of rotatable bonds is 2. The van der Waals surface area contributed by atoms with Crippen LogP contribution in [0.15, 0.2) is 28.8 Å². The van der Waals surface area contributed by atoms with E-state index in [1.807, 2.05) is 52.0 Å². The third-order valence-electron chi connectivity index (χ3n) is 3.89. The largest absolute Gasteiger partial charge is 0.361 e. The van der Waals surface area contributed by atoms with Crippen LogP contribution >= 0.6 is 0 Å². The fourth-order valence-corrected chi connectivity index (χ4v) is 2.57. The second-order valence-electron chi connectivity index (χ2n) is 7.05. The second-order valence-corrected chi connectivity index (χ2v) is 7.05. The van der Waals surface area contributed by atoms with E-state index in [0.29, 0.717) is 24.8 Å². The molecule has 0 spiro atoms. The van der Waals surface area contributed by atoms with E-state index in [1.165, 1.54) is 0 Å². The summed E-state index contributed by atoms with van der Waals surface area (Å²) in [4.78, 5) is 18.7. The van der Waals surface area contributed by atoms with Gasteiger partial charge in [-0.15, -0.1) is 0 Å². The summed E-state index contributed by atoms with van der Waals surface area (Å²) >= 11 is 0. The predicted octanol–water partition coefficient (Wildman–Crippen LogP) is 2.96. The predicted molar refractivity (Wildman–Crippen MR) is 88.3 cm³/mol. The topological polar surface area (TPSA) is 71.3 Å². The van der Waals surface area contributed by atoms with Crippen molar-refractivity contribution in [1.29, 1.82) is 0 Å². The number of hydrogen-bond donors (Lipinski definition) is 1. The van der Waals surface area contributed by atoms with Crippen molar-refractivity contribution in [3.05, 3.63) is 36.0 Å². The van der Waals surface area contributed by atoms with Crippen LogP contribution in [0.1, 0.15) is 39.4 Å². The molecule has 6 heteroatoms. The average Bonchev–Trinajstić information content (AvgIpc) is 2.91. The number of nitrogens with one attached hydrogen (secondary N) is 1. The quantitative estimate of drug-likeness (QED) is 0.922. The molecule has 6 nitrogen and oxygen atoms in total. The van der Waals surface area contributed by atoms with Crippen molar-refractivity contribution in [1.82, 2.24) is 10.1 Å². The van der Waals surface area contributed by atoms with Gasteiger partial charge in [-0.05, 0) is 12.1 Å². The summed E-state index contributed by atoms with van der Waals surface area (Å²) in [6, 6.07) is 7.79. The molecule has 0 saturated heterocycles. The van der Waals surface area contributed by atoms with Gasteiger partial charge in [-0.25, -0.2) is 0 Å². The first-order valence-electron chi connectivity index (χ1n) is 7.82. The highest BCUT2D eigenvalue weighted by Crippen LogP contribution is 2.31. The van der Waals surface area contributed by atoms with E-state index in [0.717, 1.165) is 11.4 Å². The zero-order chi connectivity index (χ0) is 16.6. The lowest BCUT2D eigenvalue weighted by Crippen LogP contribution is -2.30. The number of benzene rings is 1. The van der Waals surface area contributed by atoms with Gasteiger partial charge in [0, 0.05) is 12.0 Å². The van der Waals surface area contributed by atoms with Crippen molar-refractivity contribution in [2.45, 2.75) is 39.7 Å². The number of carbonyl (C=O) groups is 1. The molecule has 1 amide bonds. The number of para-hydroxylation sites is 2. The van der Waals surface area contributed by atoms with Gasteiger partial charge in [-0.1, -0.05) is 45.0 Å². The van der Waals surface area contributed by atoms with Gasteiger partial charge in [0.05, 0.1) is 23.8 Å². The SMILES string of the molecule is CC1CN(Cc2noc(C(C)(C)C)n2)c2ccccc2NC1=O. The standard InChI is InChI=1S/C17H22N4O2/c1-11-9-21(10-14-19-16(23-20-14)17(2,3)4)13-8-6-5-7-12(13)18-15(11)22/h5-8,11H,9-10H2,1-4H3,(H,18,22). The van der Waals surface area contributed by atoms with Crippen LogP contribution in [0, 0.1) is 5.92 Å². The summed E-state index contributed by atoms with van der Waals surface area (Å²) < 4.78 is 5.37. The van der Waals surface area contributed by atoms with Gasteiger partial charge < -0.3 is 14.7 Å². The number of carbonyl (C=O) groups excluding carboxylic acids is 1. The van der Waals surface area contributed by atoms with Gasteiger partial charge in [0.25, 0.3) is 0 Å². The lowest BCUT2D eigenvalue weighted by molar-refractivity contribution is -0.119. The van der Waals surface area contributed by atoms with Crippen molar-refractivity contribution in [2.24, 2.45) is 5.92 Å². The lowest BCUT2D eigenvalue weighted by atomic mass is 9.97. The highest BCUT2D eigenvalue weighted by Gasteiger charge is 2.27. The number of anilines is 2. The number of hydrogen-bond acceptors (Lipinski definition) is 5. The van der Waals surface area contributed by atoms with E-state index >= 15 is 0 Å². The number of fused-ring (bicyclic) bond motifs is 1. The summed E-state index contributed by atoms with van der Waals surface area (Å²) in [6.07, 6.45) is 0. The minimum Gasteiger partial charge on any atom is -0.361 e. The van der Waals surface area contributed by atoms with Gasteiger partial charge in [0.1, 0.15) is 0 Å². The van der Waals surface area contributed by atoms with Gasteiger partial charge in [0.15, 0.2) is 5.82 Å². The maximum atomic E-state index is 12.1. The van der Waals surface area contributed by atoms with Crippen molar-refractivity contribution in [3.8, 4) is 0 Å². The Balaban J connectivity index is 1.89. The molecule has 0 aliphatic carbocycles. The molecule has 1 unspecified atom stereocenters. The van der Waals surface area contributed by atoms with Crippen LogP contribution in [0.2, 0.25) is 0 Å². The summed E-state index contributed by atoms with van der Waals surface area (Å²) in [5.41, 5.74) is 1.63. The molecule has 0 bridgehead atoms. The Morgan fingerprint density at radius 2 is 2.09 bits per heavy atom. The third-order valence-corrected chi connectivity index (χ3v) is 3.89. The van der Waals surface area contributed by atoms with Crippen LogP contribution < -0.4 is 10.2 Å². The van der Waals surface area contributed by atoms with Crippen molar-refractivity contribution < 1.29 is 9.32 Å². The Bertz CT molecular complexity index is 717. The molecule has 1 atom stereocenters. The Morgan fingerprint density at radius 1 is 1.35 bits per heavy atom. The van der Waals surface area contributed by atoms with Gasteiger partial charge in [0.2, 0.25) is 11.8 Å². The van der Waals surface area contributed by atoms with Crippen molar-refractivity contribution in [3.63, 3.8) is 0 Å². The molecule has 122 valence electrons. The first-order valence-corrected chi connectivity index (χ1v) is 7.82. The number of nitrogens with zero attached hydrogens (tertiary/aromatic N) is 3. The van der Waals surface area contributed by atoms with Gasteiger partial charge in [-0.2, -0.15) is 4.98 Å². The van der Waals surface area contributed by atoms with Crippen LogP contribution in [-0.4, -0.2) is 22.6 Å². The summed E-state index contributed by atoms with van der Waals surface area (Å²) in [5, 5.41) is 7.06. The molecule has 1 aliphatic rings. The van der Waals surface area contributed by atoms with Crippen LogP contribution in [0.3, 0.4) is 0 Å². The first kappa shape index (κ1) is 15.5. The van der Waals surface area contributed by atoms with E-state index < -0.39 is 0 Å². The fraction of sp³-hybridized carbons (Fsp3) is 0.471. The Labute approximate surface area is 135 Å². The molecule has 3 rings (SSSR count). The Hall–Kier alpha value is -2.37. The zero-order valence-electron chi connectivity index (χ0n) is 14.0. The molecule has 23 heavy (non-hydrogen) atoms. The maximum absolute atomic E-state index is 12.1. The summed E-state index contributed by atoms with van der Waals surface area (Å²) in [5.74, 6) is 1.17. The minimum absolute atomic E-state index is 0.0310. The molecule has 1 N–H and O–H groups in total. The average molecular weight is 314 g/mol. The normalized spacial score (nSPS) is 18.3. The van der Waals surface area contributed by atoms with Gasteiger partial charge >= 0.3 is 0 Å². The fourth-order valence-electron chi connectivity index (χ4n) is 2.57. The highest BCUT2D eigenvalue weighted by molar-refractivity contribution is 5.97. The van der Waals surface area contributed by atoms with E-state index in [9.17, 15) is 4.79 Å². The molecule has 2 aromatic rings. The first-order chi connectivity index (χ1) is 10.8. The number of aromatic nitrogens is 2. The smallest absolute Gasteiger partial charge is 0.232 e. The monoisotopic (exact) mass is 314 g/mol. The molecule has 2 heterocycles. The second kappa shape index (κ2) is 5.68. The van der Waals surface area contributed by atoms with E-state index in [-0.39, 0.29) is 17.2 Å². The van der Waals surface area contributed by atoms with E-state index in [1.54, 1.807) is 0 Å². The molecule has 1 aliphatic heterocycles. The molecule has 0 radical (unpaired) electrons. The van der Waals surface area contributed by atoms with Crippen LogP contribution in [-0.2, 0) is 16.8 Å². The minimum atomic E-state index is -0.174. The Kier molecular flexibility index (Phi) is 3.83. The molecule has 1 aromatic carbocycles. The van der Waals surface area contributed by atoms with Crippen LogP contribution in [0.25, 0.3) is 0 Å².